The molecular formula is C66H101N9O12. The first-order valence-electron chi connectivity index (χ1n) is 31.1. The number of benzene rings is 2. The van der Waals surface area contributed by atoms with Gasteiger partial charge in [-0.3, -0.25) is 52.7 Å². The summed E-state index contributed by atoms with van der Waals surface area (Å²) in [6.45, 7) is 15.7. The van der Waals surface area contributed by atoms with Crippen molar-refractivity contribution in [2.75, 3.05) is 69.0 Å². The highest BCUT2D eigenvalue weighted by Crippen LogP contribution is 2.28. The van der Waals surface area contributed by atoms with E-state index in [1.807, 2.05) is 58.9 Å². The summed E-state index contributed by atoms with van der Waals surface area (Å²) in [7, 11) is 10.1. The zero-order valence-corrected chi connectivity index (χ0v) is 54.7. The van der Waals surface area contributed by atoms with Crippen molar-refractivity contribution in [3.63, 3.8) is 0 Å². The number of piperidine rings is 1. The highest BCUT2D eigenvalue weighted by Gasteiger charge is 2.44. The minimum absolute atomic E-state index is 0.00210. The van der Waals surface area contributed by atoms with Crippen LogP contribution in [0.3, 0.4) is 0 Å². The Morgan fingerprint density at radius 3 is 1.48 bits per heavy atom. The number of likely N-dealkylation sites (N-methyl/N-ethyl adjacent to an activating group) is 7. The van der Waals surface area contributed by atoms with E-state index in [4.69, 9.17) is 0 Å². The molecule has 0 aromatic heterocycles. The van der Waals surface area contributed by atoms with Crippen LogP contribution < -0.4 is 5.32 Å². The van der Waals surface area contributed by atoms with Crippen LogP contribution in [-0.2, 0) is 65.6 Å². The molecule has 0 radical (unpaired) electrons. The summed E-state index contributed by atoms with van der Waals surface area (Å²) >= 11 is 0. The van der Waals surface area contributed by atoms with E-state index in [0.717, 1.165) is 29.1 Å². The molecule has 2 aliphatic heterocycles. The van der Waals surface area contributed by atoms with Gasteiger partial charge in [0.25, 0.3) is 0 Å². The number of hydrogen-bond donors (Lipinski definition) is 2. The Kier molecular flexibility index (Phi) is 27.8. The zero-order chi connectivity index (χ0) is 65.3. The number of amides is 9. The summed E-state index contributed by atoms with van der Waals surface area (Å²) in [6.07, 6.45) is 0.262. The van der Waals surface area contributed by atoms with Crippen LogP contribution >= 0.6 is 0 Å². The number of rotatable bonds is 12. The van der Waals surface area contributed by atoms with Crippen LogP contribution in [0.4, 0.5) is 0 Å². The quantitative estimate of drug-likeness (QED) is 0.298. The van der Waals surface area contributed by atoms with Crippen molar-refractivity contribution in [3.8, 4) is 0 Å². The van der Waals surface area contributed by atoms with Crippen LogP contribution in [0.5, 0.6) is 0 Å². The van der Waals surface area contributed by atoms with Crippen molar-refractivity contribution >= 4 is 64.7 Å². The summed E-state index contributed by atoms with van der Waals surface area (Å²) in [6, 6.07) is 9.75. The van der Waals surface area contributed by atoms with Crippen LogP contribution in [-0.4, -0.2) is 226 Å². The van der Waals surface area contributed by atoms with Crippen LogP contribution in [0.1, 0.15) is 131 Å². The highest BCUT2D eigenvalue weighted by molar-refractivity contribution is 5.99. The second-order valence-electron chi connectivity index (χ2n) is 25.3. The molecule has 0 bridgehead atoms. The number of likely N-dealkylation sites (tertiary alicyclic amines) is 1. The van der Waals surface area contributed by atoms with E-state index in [-0.39, 0.29) is 37.5 Å². The lowest BCUT2D eigenvalue weighted by molar-refractivity contribution is -0.154. The molecule has 2 N–H and O–H groups in total. The Hall–Kier alpha value is -7.03. The molecule has 2 aliphatic rings. The van der Waals surface area contributed by atoms with Gasteiger partial charge < -0.3 is 49.6 Å². The van der Waals surface area contributed by atoms with E-state index in [9.17, 15) is 38.7 Å². The van der Waals surface area contributed by atoms with E-state index < -0.39 is 157 Å². The molecule has 21 nitrogen and oxygen atoms in total. The van der Waals surface area contributed by atoms with Gasteiger partial charge in [0.15, 0.2) is 11.6 Å². The SMILES string of the molecule is CC[C@H](C)[C@H]1C(=O)NCC(=O)N(C)[C@@H](Cc2ccccc2)C(=O)N(C)[C@@H](Cc2ccccc2)C(=O)N(C)[C@@H](CC(C)C)C(=O)N(C)[C@@H](CC(C)C)C(=O)C[C@H](C(=O)N2CCCCC2)CC(=O)N(C)[C@H](C)C(=O)C[C@@H]([C@@H](C)O)C(=O)N(C)[C@@H](C)C(=O)N1C. The monoisotopic (exact) mass is 1210 g/mol. The normalized spacial score (nSPS) is 26.2. The molecule has 0 saturated carbocycles. The average Bonchev–Trinajstić information content (AvgIpc) is 1.68. The topological polar surface area (TPSA) is 246 Å². The number of nitrogens with zero attached hydrogens (tertiary/aromatic N) is 8. The van der Waals surface area contributed by atoms with Crippen LogP contribution in [0.15, 0.2) is 60.7 Å². The molecule has 2 heterocycles. The van der Waals surface area contributed by atoms with Gasteiger partial charge in [-0.2, -0.15) is 0 Å². The molecule has 4 rings (SSSR count). The van der Waals surface area contributed by atoms with E-state index in [0.29, 0.717) is 30.6 Å². The fourth-order valence-electron chi connectivity index (χ4n) is 11.7. The first-order valence-corrected chi connectivity index (χ1v) is 31.1. The number of aliphatic hydroxyl groups excluding tert-OH is 1. The molecule has 0 aliphatic carbocycles. The van der Waals surface area contributed by atoms with Crippen molar-refractivity contribution in [3.05, 3.63) is 71.8 Å². The Bertz CT molecular complexity index is 2700. The number of carbonyl (C=O) groups excluding carboxylic acids is 11. The maximum absolute atomic E-state index is 15.5. The molecule has 11 atom stereocenters. The predicted molar refractivity (Wildman–Crippen MR) is 332 cm³/mol. The maximum Gasteiger partial charge on any atom is 0.246 e. The highest BCUT2D eigenvalue weighted by atomic mass is 16.3. The summed E-state index contributed by atoms with van der Waals surface area (Å²) < 4.78 is 0. The molecule has 21 heteroatoms. The van der Waals surface area contributed by atoms with Crippen molar-refractivity contribution in [2.24, 2.45) is 29.6 Å². The van der Waals surface area contributed by atoms with Gasteiger partial charge in [0.1, 0.15) is 30.2 Å². The van der Waals surface area contributed by atoms with E-state index >= 15 is 19.2 Å². The minimum atomic E-state index is -1.40. The van der Waals surface area contributed by atoms with Crippen molar-refractivity contribution < 1.29 is 57.8 Å². The average molecular weight is 1210 g/mol. The number of carbonyl (C=O) groups is 11. The van der Waals surface area contributed by atoms with Gasteiger partial charge in [0.2, 0.25) is 53.2 Å². The smallest absolute Gasteiger partial charge is 0.246 e. The minimum Gasteiger partial charge on any atom is -0.393 e. The third-order valence-corrected chi connectivity index (χ3v) is 18.0. The molecule has 2 fully saturated rings. The molecule has 482 valence electrons. The Morgan fingerprint density at radius 1 is 0.517 bits per heavy atom. The lowest BCUT2D eigenvalue weighted by Crippen LogP contribution is -2.60. The number of nitrogens with one attached hydrogen (secondary N) is 1. The lowest BCUT2D eigenvalue weighted by Gasteiger charge is -2.40. The van der Waals surface area contributed by atoms with E-state index in [1.165, 1.54) is 94.6 Å². The summed E-state index contributed by atoms with van der Waals surface area (Å²) in [5, 5.41) is 13.8. The third-order valence-electron chi connectivity index (χ3n) is 18.0. The zero-order valence-electron chi connectivity index (χ0n) is 54.7. The standard InChI is InChI=1S/C66H101N9O12/c1-17-43(6)59-60(81)67-40-58(80)70(12)53(35-47-27-21-18-22-28-47)65(86)73(15)54(36-48-29-23-19-24-30-48)66(87)72(14)52(34-42(4)5)64(85)71(13)51(33-41(2)3)56(78)37-49(62(83)75-31-25-20-26-32-75)38-57(79)68(10)44(7)55(77)39-50(46(9)76)63(84)69(11)45(8)61(82)74(59)16/h18-19,21-24,27-30,41-46,49-54,59,76H,17,20,25-26,31-40H2,1-16H3,(H,67,81)/t43-,44+,45-,46+,49-,50-,51-,52-,53-,54-,59-/m0/s1. The Morgan fingerprint density at radius 2 is 0.989 bits per heavy atom. The Labute approximate surface area is 516 Å². The van der Waals surface area contributed by atoms with Crippen molar-refractivity contribution in [1.82, 2.24) is 44.5 Å². The van der Waals surface area contributed by atoms with Gasteiger partial charge in [-0.15, -0.1) is 0 Å². The van der Waals surface area contributed by atoms with E-state index in [2.05, 4.69) is 5.32 Å². The second-order valence-corrected chi connectivity index (χ2v) is 25.3. The maximum atomic E-state index is 15.5. The van der Waals surface area contributed by atoms with Crippen LogP contribution in [0.2, 0.25) is 0 Å². The van der Waals surface area contributed by atoms with Gasteiger partial charge in [-0.1, -0.05) is 109 Å². The predicted octanol–water partition coefficient (Wildman–Crippen LogP) is 4.50. The molecule has 0 spiro atoms. The largest absolute Gasteiger partial charge is 0.393 e. The van der Waals surface area contributed by atoms with Gasteiger partial charge in [0, 0.05) is 94.5 Å². The molecule has 2 saturated heterocycles. The van der Waals surface area contributed by atoms with Crippen molar-refractivity contribution in [1.29, 1.82) is 0 Å². The summed E-state index contributed by atoms with van der Waals surface area (Å²) in [5.74, 6) is -9.99. The lowest BCUT2D eigenvalue weighted by atomic mass is 9.88. The van der Waals surface area contributed by atoms with Gasteiger partial charge in [0.05, 0.1) is 36.6 Å². The molecule has 2 aromatic carbocycles. The first kappa shape index (κ1) is 72.4. The number of ketones is 2. The van der Waals surface area contributed by atoms with Gasteiger partial charge >= 0.3 is 0 Å². The molecule has 0 unspecified atom stereocenters. The third kappa shape index (κ3) is 19.2. The molecule has 87 heavy (non-hydrogen) atoms. The fourth-order valence-corrected chi connectivity index (χ4v) is 11.7. The van der Waals surface area contributed by atoms with E-state index in [1.54, 1.807) is 48.2 Å². The number of hydrogen-bond acceptors (Lipinski definition) is 12. The molecule has 9 amide bonds. The second kappa shape index (κ2) is 33.4. The molecular weight excluding hydrogens is 1110 g/mol. The first-order chi connectivity index (χ1) is 40.9. The van der Waals surface area contributed by atoms with Gasteiger partial charge in [-0.25, -0.2) is 0 Å². The summed E-state index contributed by atoms with van der Waals surface area (Å²) in [4.78, 5) is 173. The van der Waals surface area contributed by atoms with Gasteiger partial charge in [-0.05, 0) is 81.8 Å². The fraction of sp³-hybridized carbons (Fsp3) is 0.652. The van der Waals surface area contributed by atoms with Crippen molar-refractivity contribution in [2.45, 2.75) is 181 Å². The van der Waals surface area contributed by atoms with Crippen LogP contribution in [0, 0.1) is 29.6 Å². The Balaban J connectivity index is 1.93. The number of aliphatic hydroxyl groups is 1. The number of Topliss-reactive ketones (excluding diaryl/α,β-unsaturated/α-hetero) is 2. The molecule has 2 aromatic rings. The van der Waals surface area contributed by atoms with Crippen LogP contribution in [0.25, 0.3) is 0 Å². The summed E-state index contributed by atoms with van der Waals surface area (Å²) in [5.41, 5.74) is 1.39.